The molecule has 2 aliphatic rings. The number of hydrogen-bond acceptors (Lipinski definition) is 1. The van der Waals surface area contributed by atoms with E-state index >= 15 is 0 Å². The zero-order chi connectivity index (χ0) is 19.3. The highest BCUT2D eigenvalue weighted by atomic mass is 16.4. The first-order chi connectivity index (χ1) is 13.0. The minimum Gasteiger partial charge on any atom is -0.478 e. The first-order valence-electron chi connectivity index (χ1n) is 11.3. The Hall–Kier alpha value is -1.31. The summed E-state index contributed by atoms with van der Waals surface area (Å²) in [5.74, 6) is 1.69. The van der Waals surface area contributed by atoms with Gasteiger partial charge in [0.1, 0.15) is 0 Å². The van der Waals surface area contributed by atoms with Gasteiger partial charge < -0.3 is 5.11 Å². The Balaban J connectivity index is 1.45. The summed E-state index contributed by atoms with van der Waals surface area (Å²) in [6.07, 6.45) is 16.7. The Bertz CT molecular complexity index is 587. The number of rotatable bonds is 7. The van der Waals surface area contributed by atoms with Gasteiger partial charge in [-0.3, -0.25) is 0 Å². The number of unbranched alkanes of at least 4 members (excludes halogenated alkanes) is 2. The van der Waals surface area contributed by atoms with Crippen molar-refractivity contribution in [2.45, 2.75) is 96.8 Å². The molecule has 0 atom stereocenters. The Morgan fingerprint density at radius 1 is 0.963 bits per heavy atom. The molecule has 2 heteroatoms. The molecular weight excluding hydrogens is 332 g/mol. The summed E-state index contributed by atoms with van der Waals surface area (Å²) in [5, 5.41) is 9.06. The number of carboxylic acids is 1. The van der Waals surface area contributed by atoms with Crippen LogP contribution in [0.25, 0.3) is 0 Å². The van der Waals surface area contributed by atoms with Crippen molar-refractivity contribution in [3.05, 3.63) is 35.4 Å². The van der Waals surface area contributed by atoms with Crippen molar-refractivity contribution in [2.24, 2.45) is 17.3 Å². The maximum Gasteiger partial charge on any atom is 0.335 e. The molecule has 1 aromatic carbocycles. The molecule has 2 fully saturated rings. The molecule has 0 unspecified atom stereocenters. The monoisotopic (exact) mass is 370 g/mol. The molecule has 0 spiro atoms. The third-order valence-corrected chi connectivity index (χ3v) is 7.69. The molecule has 0 amide bonds. The van der Waals surface area contributed by atoms with Crippen molar-refractivity contribution in [2.75, 3.05) is 0 Å². The molecule has 3 rings (SSSR count). The van der Waals surface area contributed by atoms with Crippen LogP contribution in [0.5, 0.6) is 0 Å². The quantitative estimate of drug-likeness (QED) is 0.506. The van der Waals surface area contributed by atoms with Gasteiger partial charge in [-0.25, -0.2) is 4.79 Å². The molecular formula is C25H38O2. The second kappa shape index (κ2) is 9.26. The summed E-state index contributed by atoms with van der Waals surface area (Å²) in [4.78, 5) is 11.0. The van der Waals surface area contributed by atoms with Crippen LogP contribution in [-0.4, -0.2) is 11.1 Å². The Labute approximate surface area is 165 Å². The highest BCUT2D eigenvalue weighted by Crippen LogP contribution is 2.48. The second-order valence-corrected chi connectivity index (χ2v) is 9.64. The lowest BCUT2D eigenvalue weighted by atomic mass is 9.63. The van der Waals surface area contributed by atoms with Crippen molar-refractivity contribution in [3.8, 4) is 0 Å². The van der Waals surface area contributed by atoms with Crippen molar-refractivity contribution in [1.82, 2.24) is 0 Å². The molecule has 0 aliphatic heterocycles. The molecule has 2 saturated carbocycles. The Morgan fingerprint density at radius 3 is 2.11 bits per heavy atom. The largest absolute Gasteiger partial charge is 0.478 e. The van der Waals surface area contributed by atoms with Gasteiger partial charge in [-0.15, -0.1) is 0 Å². The van der Waals surface area contributed by atoms with E-state index in [9.17, 15) is 4.79 Å². The van der Waals surface area contributed by atoms with E-state index in [0.29, 0.717) is 16.9 Å². The number of aromatic carboxylic acids is 1. The first kappa shape index (κ1) is 20.4. The van der Waals surface area contributed by atoms with Crippen LogP contribution in [0.15, 0.2) is 24.3 Å². The van der Waals surface area contributed by atoms with Gasteiger partial charge >= 0.3 is 5.97 Å². The SMILES string of the molecule is CCCCC[C@]1(C)CC[C@@H](C2CCC(c3ccc(C(=O)O)cc3)CC2)CC1. The van der Waals surface area contributed by atoms with Crippen LogP contribution in [0.1, 0.15) is 113 Å². The molecule has 0 heterocycles. The van der Waals surface area contributed by atoms with Gasteiger partial charge in [0, 0.05) is 0 Å². The summed E-state index contributed by atoms with van der Waals surface area (Å²) < 4.78 is 0. The standard InChI is InChI=1S/C25H38O2/c1-3-4-5-16-25(2)17-14-22(15-18-25)21-8-6-19(7-9-21)20-10-12-23(13-11-20)24(26)27/h10-13,19,21-22H,3-9,14-18H2,1-2H3,(H,26,27)/t19?,21?,22-,25-. The molecule has 2 nitrogen and oxygen atoms in total. The fraction of sp³-hybridized carbons (Fsp3) is 0.720. The first-order valence-corrected chi connectivity index (χ1v) is 11.3. The maximum absolute atomic E-state index is 11.0. The van der Waals surface area contributed by atoms with Crippen LogP contribution in [0.3, 0.4) is 0 Å². The van der Waals surface area contributed by atoms with Crippen molar-refractivity contribution >= 4 is 5.97 Å². The molecule has 1 N–H and O–H groups in total. The summed E-state index contributed by atoms with van der Waals surface area (Å²) >= 11 is 0. The van der Waals surface area contributed by atoms with E-state index in [4.69, 9.17) is 5.11 Å². The lowest BCUT2D eigenvalue weighted by Crippen LogP contribution is -2.30. The van der Waals surface area contributed by atoms with Gasteiger partial charge in [-0.2, -0.15) is 0 Å². The van der Waals surface area contributed by atoms with Crippen LogP contribution < -0.4 is 0 Å². The molecule has 0 bridgehead atoms. The van der Waals surface area contributed by atoms with Crippen molar-refractivity contribution in [1.29, 1.82) is 0 Å². The van der Waals surface area contributed by atoms with Crippen LogP contribution in [0.4, 0.5) is 0 Å². The Morgan fingerprint density at radius 2 is 1.56 bits per heavy atom. The number of benzene rings is 1. The summed E-state index contributed by atoms with van der Waals surface area (Å²) in [5.41, 5.74) is 2.36. The number of carbonyl (C=O) groups is 1. The minimum atomic E-state index is -0.829. The van der Waals surface area contributed by atoms with Gasteiger partial charge in [0.2, 0.25) is 0 Å². The molecule has 0 aromatic heterocycles. The van der Waals surface area contributed by atoms with Crippen LogP contribution in [0, 0.1) is 17.3 Å². The van der Waals surface area contributed by atoms with E-state index in [1.165, 1.54) is 82.6 Å². The van der Waals surface area contributed by atoms with Crippen LogP contribution in [-0.2, 0) is 0 Å². The maximum atomic E-state index is 11.0. The predicted molar refractivity (Wildman–Crippen MR) is 112 cm³/mol. The molecule has 2 aliphatic carbocycles. The summed E-state index contributed by atoms with van der Waals surface area (Å²) in [6.45, 7) is 4.84. The molecule has 150 valence electrons. The van der Waals surface area contributed by atoms with Gasteiger partial charge in [0.15, 0.2) is 0 Å². The summed E-state index contributed by atoms with van der Waals surface area (Å²) in [7, 11) is 0. The zero-order valence-corrected chi connectivity index (χ0v) is 17.4. The average molecular weight is 371 g/mol. The Kier molecular flexibility index (Phi) is 7.00. The van der Waals surface area contributed by atoms with Crippen molar-refractivity contribution < 1.29 is 9.90 Å². The van der Waals surface area contributed by atoms with Crippen LogP contribution >= 0.6 is 0 Å². The number of hydrogen-bond donors (Lipinski definition) is 1. The van der Waals surface area contributed by atoms with Gasteiger partial charge in [0.25, 0.3) is 0 Å². The average Bonchev–Trinajstić information content (AvgIpc) is 2.69. The van der Waals surface area contributed by atoms with E-state index in [1.807, 2.05) is 12.1 Å². The van der Waals surface area contributed by atoms with Gasteiger partial charge in [0.05, 0.1) is 5.56 Å². The predicted octanol–water partition coefficient (Wildman–Crippen LogP) is 7.44. The summed E-state index contributed by atoms with van der Waals surface area (Å²) in [6, 6.07) is 7.61. The molecule has 0 radical (unpaired) electrons. The lowest BCUT2D eigenvalue weighted by Gasteiger charge is -2.42. The van der Waals surface area contributed by atoms with Gasteiger partial charge in [-0.1, -0.05) is 45.2 Å². The topological polar surface area (TPSA) is 37.3 Å². The molecule has 1 aromatic rings. The van der Waals surface area contributed by atoms with E-state index in [0.717, 1.165) is 11.8 Å². The smallest absolute Gasteiger partial charge is 0.335 e. The number of carboxylic acid groups (broad SMARTS) is 1. The lowest BCUT2D eigenvalue weighted by molar-refractivity contribution is 0.0697. The van der Waals surface area contributed by atoms with E-state index < -0.39 is 5.97 Å². The fourth-order valence-electron chi connectivity index (χ4n) is 5.68. The highest BCUT2D eigenvalue weighted by molar-refractivity contribution is 5.87. The van der Waals surface area contributed by atoms with E-state index in [2.05, 4.69) is 13.8 Å². The third-order valence-electron chi connectivity index (χ3n) is 7.69. The van der Waals surface area contributed by atoms with E-state index in [-0.39, 0.29) is 0 Å². The minimum absolute atomic E-state index is 0.400. The zero-order valence-electron chi connectivity index (χ0n) is 17.4. The normalized spacial score (nSPS) is 31.6. The van der Waals surface area contributed by atoms with Gasteiger partial charge in [-0.05, 0) is 98.7 Å². The van der Waals surface area contributed by atoms with Crippen LogP contribution in [0.2, 0.25) is 0 Å². The third kappa shape index (κ3) is 5.36. The highest BCUT2D eigenvalue weighted by Gasteiger charge is 2.35. The fourth-order valence-corrected chi connectivity index (χ4v) is 5.68. The molecule has 0 saturated heterocycles. The van der Waals surface area contributed by atoms with Crippen molar-refractivity contribution in [3.63, 3.8) is 0 Å². The van der Waals surface area contributed by atoms with E-state index in [1.54, 1.807) is 12.1 Å². The molecule has 27 heavy (non-hydrogen) atoms. The second-order valence-electron chi connectivity index (χ2n) is 9.64.